The third-order valence-corrected chi connectivity index (χ3v) is 4.24. The summed E-state index contributed by atoms with van der Waals surface area (Å²) in [6, 6.07) is 4.15. The first-order chi connectivity index (χ1) is 10.0. The summed E-state index contributed by atoms with van der Waals surface area (Å²) >= 11 is 0. The summed E-state index contributed by atoms with van der Waals surface area (Å²) in [5.74, 6) is -0.00967. The number of likely N-dealkylation sites (tertiary alicyclic amines) is 1. The number of piperidine rings is 1. The number of carbonyl (C=O) groups is 1. The predicted molar refractivity (Wildman–Crippen MR) is 82.7 cm³/mol. The highest BCUT2D eigenvalue weighted by Crippen LogP contribution is 2.15. The van der Waals surface area contributed by atoms with Gasteiger partial charge in [0.2, 0.25) is 0 Å². The first-order valence-corrected chi connectivity index (χ1v) is 7.49. The third-order valence-electron chi connectivity index (χ3n) is 4.24. The zero-order valence-corrected chi connectivity index (χ0v) is 12.9. The van der Waals surface area contributed by atoms with Crippen molar-refractivity contribution in [1.29, 1.82) is 0 Å². The van der Waals surface area contributed by atoms with Crippen molar-refractivity contribution in [2.24, 2.45) is 0 Å². The average Bonchev–Trinajstić information content (AvgIpc) is 2.85. The first kappa shape index (κ1) is 14.1. The lowest BCUT2D eigenvalue weighted by molar-refractivity contribution is 0.0918. The van der Waals surface area contributed by atoms with Gasteiger partial charge in [0.15, 0.2) is 0 Å². The van der Waals surface area contributed by atoms with Crippen molar-refractivity contribution in [2.75, 3.05) is 20.1 Å². The summed E-state index contributed by atoms with van der Waals surface area (Å²) in [5.41, 5.74) is 3.45. The van der Waals surface area contributed by atoms with Crippen LogP contribution in [0.3, 0.4) is 0 Å². The second-order valence-corrected chi connectivity index (χ2v) is 6.01. The van der Waals surface area contributed by atoms with E-state index in [9.17, 15) is 4.79 Å². The van der Waals surface area contributed by atoms with E-state index in [0.29, 0.717) is 5.56 Å². The maximum atomic E-state index is 12.5. The van der Waals surface area contributed by atoms with E-state index in [0.717, 1.165) is 43.0 Å². The fourth-order valence-corrected chi connectivity index (χ4v) is 2.99. The summed E-state index contributed by atoms with van der Waals surface area (Å²) in [6.07, 6.45) is 3.94. The maximum Gasteiger partial charge on any atom is 0.255 e. The molecule has 112 valence electrons. The Bertz CT molecular complexity index is 668. The molecule has 1 aliphatic rings. The largest absolute Gasteiger partial charge is 0.349 e. The number of fused-ring (bicyclic) bond motifs is 1. The Morgan fingerprint density at radius 1 is 1.33 bits per heavy atom. The van der Waals surface area contributed by atoms with Gasteiger partial charge in [-0.3, -0.25) is 4.79 Å². The van der Waals surface area contributed by atoms with Gasteiger partial charge in [-0.1, -0.05) is 0 Å². The van der Waals surface area contributed by atoms with Crippen molar-refractivity contribution in [3.8, 4) is 0 Å². The average molecular weight is 286 g/mol. The van der Waals surface area contributed by atoms with E-state index in [1.165, 1.54) is 0 Å². The molecule has 0 unspecified atom stereocenters. The number of rotatable bonds is 2. The van der Waals surface area contributed by atoms with Crippen molar-refractivity contribution < 1.29 is 4.79 Å². The molecule has 0 spiro atoms. The van der Waals surface area contributed by atoms with Crippen LogP contribution in [0.5, 0.6) is 0 Å². The minimum absolute atomic E-state index is 0.00967. The van der Waals surface area contributed by atoms with Gasteiger partial charge in [-0.25, -0.2) is 4.98 Å². The Balaban J connectivity index is 1.82. The molecule has 2 aromatic heterocycles. The number of aryl methyl sites for hydroxylation is 2. The number of hydrogen-bond acceptors (Lipinski definition) is 3. The van der Waals surface area contributed by atoms with Crippen LogP contribution in [0.2, 0.25) is 0 Å². The lowest BCUT2D eigenvalue weighted by Crippen LogP contribution is -2.43. The Hall–Kier alpha value is -1.88. The fraction of sp³-hybridized carbons (Fsp3) is 0.500. The Morgan fingerprint density at radius 3 is 2.76 bits per heavy atom. The molecule has 5 nitrogen and oxygen atoms in total. The quantitative estimate of drug-likeness (QED) is 0.915. The molecule has 0 bridgehead atoms. The number of amides is 1. The number of carbonyl (C=O) groups excluding carboxylic acids is 1. The van der Waals surface area contributed by atoms with Gasteiger partial charge in [0, 0.05) is 23.6 Å². The van der Waals surface area contributed by atoms with Crippen LogP contribution in [-0.4, -0.2) is 46.4 Å². The van der Waals surface area contributed by atoms with Gasteiger partial charge in [-0.05, 0) is 59.0 Å². The number of aromatic nitrogens is 2. The topological polar surface area (TPSA) is 49.6 Å². The van der Waals surface area contributed by atoms with Crippen LogP contribution in [-0.2, 0) is 0 Å². The zero-order chi connectivity index (χ0) is 15.0. The molecule has 3 rings (SSSR count). The van der Waals surface area contributed by atoms with Gasteiger partial charge < -0.3 is 14.6 Å². The van der Waals surface area contributed by atoms with Crippen LogP contribution in [0.4, 0.5) is 0 Å². The number of nitrogens with one attached hydrogen (secondary N) is 1. The second-order valence-electron chi connectivity index (χ2n) is 6.01. The zero-order valence-electron chi connectivity index (χ0n) is 12.9. The van der Waals surface area contributed by atoms with E-state index in [1.807, 2.05) is 36.6 Å². The molecule has 1 aliphatic heterocycles. The summed E-state index contributed by atoms with van der Waals surface area (Å²) < 4.78 is 1.97. The van der Waals surface area contributed by atoms with Crippen LogP contribution in [0.1, 0.15) is 34.6 Å². The van der Waals surface area contributed by atoms with Gasteiger partial charge in [0.05, 0.1) is 5.56 Å². The molecule has 1 amide bonds. The predicted octanol–water partition coefficient (Wildman–Crippen LogP) is 1.78. The lowest BCUT2D eigenvalue weighted by Gasteiger charge is -2.29. The van der Waals surface area contributed by atoms with Gasteiger partial charge in [0.1, 0.15) is 5.65 Å². The van der Waals surface area contributed by atoms with Crippen LogP contribution in [0.15, 0.2) is 18.3 Å². The standard InChI is InChI=1S/C16H22N4O/c1-11-10-12(2)20-9-6-14(15(20)17-11)16(21)18-13-4-7-19(3)8-5-13/h6,9-10,13H,4-5,7-8H2,1-3H3,(H,18,21). The molecule has 0 radical (unpaired) electrons. The maximum absolute atomic E-state index is 12.5. The first-order valence-electron chi connectivity index (χ1n) is 7.49. The van der Waals surface area contributed by atoms with Crippen molar-refractivity contribution in [3.05, 3.63) is 35.3 Å². The Morgan fingerprint density at radius 2 is 2.05 bits per heavy atom. The monoisotopic (exact) mass is 286 g/mol. The molecule has 0 aromatic carbocycles. The molecule has 5 heteroatoms. The molecule has 0 aliphatic carbocycles. The second kappa shape index (κ2) is 5.48. The van der Waals surface area contributed by atoms with E-state index in [2.05, 4.69) is 22.2 Å². The van der Waals surface area contributed by atoms with Crippen LogP contribution in [0.25, 0.3) is 5.65 Å². The van der Waals surface area contributed by atoms with Gasteiger partial charge in [-0.2, -0.15) is 0 Å². The Labute approximate surface area is 125 Å². The molecule has 0 saturated carbocycles. The molecular weight excluding hydrogens is 264 g/mol. The van der Waals surface area contributed by atoms with Crippen LogP contribution >= 0.6 is 0 Å². The SMILES string of the molecule is Cc1cc(C)n2ccc(C(=O)NC3CCN(C)CC3)c2n1. The Kier molecular flexibility index (Phi) is 3.68. The smallest absolute Gasteiger partial charge is 0.255 e. The molecule has 21 heavy (non-hydrogen) atoms. The van der Waals surface area contributed by atoms with Crippen molar-refractivity contribution >= 4 is 11.6 Å². The fourth-order valence-electron chi connectivity index (χ4n) is 2.99. The van der Waals surface area contributed by atoms with E-state index in [1.54, 1.807) is 0 Å². The van der Waals surface area contributed by atoms with Crippen molar-refractivity contribution in [1.82, 2.24) is 19.6 Å². The third kappa shape index (κ3) is 2.78. The van der Waals surface area contributed by atoms with Crippen molar-refractivity contribution in [3.63, 3.8) is 0 Å². The number of hydrogen-bond donors (Lipinski definition) is 1. The summed E-state index contributed by atoms with van der Waals surface area (Å²) in [4.78, 5) is 19.3. The van der Waals surface area contributed by atoms with Crippen LogP contribution < -0.4 is 5.32 Å². The van der Waals surface area contributed by atoms with Gasteiger partial charge in [-0.15, -0.1) is 0 Å². The summed E-state index contributed by atoms with van der Waals surface area (Å²) in [7, 11) is 2.12. The normalized spacial score (nSPS) is 17.3. The summed E-state index contributed by atoms with van der Waals surface area (Å²) in [6.45, 7) is 6.06. The molecule has 3 heterocycles. The molecule has 2 aromatic rings. The van der Waals surface area contributed by atoms with E-state index < -0.39 is 0 Å². The number of nitrogens with zero attached hydrogens (tertiary/aromatic N) is 3. The highest BCUT2D eigenvalue weighted by molar-refractivity contribution is 6.00. The molecular formula is C16H22N4O. The molecule has 1 fully saturated rings. The molecule has 1 saturated heterocycles. The van der Waals surface area contributed by atoms with Gasteiger partial charge in [0.25, 0.3) is 5.91 Å². The van der Waals surface area contributed by atoms with E-state index in [-0.39, 0.29) is 11.9 Å². The molecule has 1 N–H and O–H groups in total. The van der Waals surface area contributed by atoms with E-state index in [4.69, 9.17) is 0 Å². The van der Waals surface area contributed by atoms with Crippen LogP contribution in [0, 0.1) is 13.8 Å². The highest BCUT2D eigenvalue weighted by Gasteiger charge is 2.21. The molecule has 0 atom stereocenters. The minimum Gasteiger partial charge on any atom is -0.349 e. The van der Waals surface area contributed by atoms with Gasteiger partial charge >= 0.3 is 0 Å². The highest BCUT2D eigenvalue weighted by atomic mass is 16.1. The lowest BCUT2D eigenvalue weighted by atomic mass is 10.1. The van der Waals surface area contributed by atoms with E-state index >= 15 is 0 Å². The summed E-state index contributed by atoms with van der Waals surface area (Å²) in [5, 5.41) is 3.15. The minimum atomic E-state index is -0.00967. The van der Waals surface area contributed by atoms with Crippen molar-refractivity contribution in [2.45, 2.75) is 32.7 Å².